The standard InChI is InChI=1S/C25H24FNO6S/c1-12-6-15(26)9-18-20(34-17-5-3-13-7-16(29)4-2-14(13)8-17)10-27(21(12)18)25-24(32)23(31)22(30)19(11-28)33-25/h2-10,19,22-25,28-32H,11H2,1H3/t19-,22-,23+,24-,25-/m1/s1. The zero-order valence-corrected chi connectivity index (χ0v) is 19.0. The monoisotopic (exact) mass is 485 g/mol. The van der Waals surface area contributed by atoms with E-state index in [-0.39, 0.29) is 5.75 Å². The Labute approximate surface area is 198 Å². The van der Waals surface area contributed by atoms with Gasteiger partial charge in [-0.1, -0.05) is 23.9 Å². The van der Waals surface area contributed by atoms with Crippen molar-refractivity contribution in [3.05, 3.63) is 66.1 Å². The van der Waals surface area contributed by atoms with Crippen molar-refractivity contribution in [2.24, 2.45) is 0 Å². The van der Waals surface area contributed by atoms with Gasteiger partial charge in [-0.05, 0) is 59.7 Å². The van der Waals surface area contributed by atoms with Crippen molar-refractivity contribution in [3.63, 3.8) is 0 Å². The summed E-state index contributed by atoms with van der Waals surface area (Å²) in [6.45, 7) is 1.20. The lowest BCUT2D eigenvalue weighted by Gasteiger charge is -2.40. The minimum absolute atomic E-state index is 0.182. The zero-order valence-electron chi connectivity index (χ0n) is 18.2. The number of aryl methyl sites for hydroxylation is 1. The van der Waals surface area contributed by atoms with Crippen LogP contribution in [-0.4, -0.2) is 61.1 Å². The van der Waals surface area contributed by atoms with E-state index in [4.69, 9.17) is 4.74 Å². The number of nitrogens with zero attached hydrogens (tertiary/aromatic N) is 1. The summed E-state index contributed by atoms with van der Waals surface area (Å²) in [7, 11) is 0. The maximum atomic E-state index is 14.4. The SMILES string of the molecule is Cc1cc(F)cc2c(Sc3ccc4cc(O)ccc4c3)cn([C@@H]3O[C@H](CO)[C@@H](O)[C@H](O)[C@H]3O)c12. The van der Waals surface area contributed by atoms with Crippen molar-refractivity contribution in [2.45, 2.75) is 47.4 Å². The van der Waals surface area contributed by atoms with E-state index in [1.807, 2.05) is 24.3 Å². The minimum atomic E-state index is -1.53. The molecule has 0 radical (unpaired) electrons. The fraction of sp³-hybridized carbons (Fsp3) is 0.280. The highest BCUT2D eigenvalue weighted by Gasteiger charge is 2.44. The van der Waals surface area contributed by atoms with Crippen LogP contribution in [0.2, 0.25) is 0 Å². The summed E-state index contributed by atoms with van der Waals surface area (Å²) < 4.78 is 21.8. The molecule has 5 rings (SSSR count). The number of aromatic nitrogens is 1. The van der Waals surface area contributed by atoms with Crippen LogP contribution in [-0.2, 0) is 4.74 Å². The molecule has 178 valence electrons. The third-order valence-corrected chi connectivity index (χ3v) is 7.24. The minimum Gasteiger partial charge on any atom is -0.508 e. The van der Waals surface area contributed by atoms with E-state index in [0.29, 0.717) is 21.4 Å². The van der Waals surface area contributed by atoms with Gasteiger partial charge >= 0.3 is 0 Å². The van der Waals surface area contributed by atoms with Crippen LogP contribution in [0.1, 0.15) is 11.8 Å². The lowest BCUT2D eigenvalue weighted by Crippen LogP contribution is -2.56. The largest absolute Gasteiger partial charge is 0.508 e. The van der Waals surface area contributed by atoms with Gasteiger partial charge in [0.1, 0.15) is 36.0 Å². The maximum Gasteiger partial charge on any atom is 0.163 e. The van der Waals surface area contributed by atoms with Crippen LogP contribution in [0, 0.1) is 12.7 Å². The number of hydrogen-bond acceptors (Lipinski definition) is 7. The first kappa shape index (κ1) is 23.1. The van der Waals surface area contributed by atoms with Gasteiger partial charge in [0, 0.05) is 21.4 Å². The summed E-state index contributed by atoms with van der Waals surface area (Å²) in [5, 5.41) is 52.8. The summed E-state index contributed by atoms with van der Waals surface area (Å²) in [6, 6.07) is 13.6. The molecular weight excluding hydrogens is 461 g/mol. The number of halogens is 1. The first-order valence-corrected chi connectivity index (χ1v) is 11.6. The number of phenols is 1. The number of ether oxygens (including phenoxy) is 1. The van der Waals surface area contributed by atoms with Gasteiger partial charge in [-0.25, -0.2) is 4.39 Å². The molecule has 5 N–H and O–H groups in total. The van der Waals surface area contributed by atoms with E-state index < -0.39 is 43.1 Å². The van der Waals surface area contributed by atoms with E-state index in [0.717, 1.165) is 15.7 Å². The predicted octanol–water partition coefficient (Wildman–Crippen LogP) is 3.07. The Morgan fingerprint density at radius 2 is 1.71 bits per heavy atom. The second-order valence-corrected chi connectivity index (χ2v) is 9.65. The third kappa shape index (κ3) is 3.94. The van der Waals surface area contributed by atoms with Crippen LogP contribution in [0.3, 0.4) is 0 Å². The summed E-state index contributed by atoms with van der Waals surface area (Å²) in [4.78, 5) is 1.58. The van der Waals surface area contributed by atoms with E-state index >= 15 is 0 Å². The number of phenolic OH excluding ortho intramolecular Hbond substituents is 1. The number of aromatic hydroxyl groups is 1. The molecule has 0 aliphatic carbocycles. The Balaban J connectivity index is 1.60. The highest BCUT2D eigenvalue weighted by Crippen LogP contribution is 2.41. The Morgan fingerprint density at radius 1 is 0.971 bits per heavy atom. The Hall–Kier alpha value is -2.66. The van der Waals surface area contributed by atoms with Crippen molar-refractivity contribution in [2.75, 3.05) is 6.61 Å². The van der Waals surface area contributed by atoms with Gasteiger partial charge in [0.15, 0.2) is 6.23 Å². The first-order valence-electron chi connectivity index (χ1n) is 10.8. The fourth-order valence-electron chi connectivity index (χ4n) is 4.52. The molecule has 1 aliphatic rings. The summed E-state index contributed by atoms with van der Waals surface area (Å²) >= 11 is 1.40. The van der Waals surface area contributed by atoms with E-state index in [2.05, 4.69) is 0 Å². The smallest absolute Gasteiger partial charge is 0.163 e. The molecule has 3 aromatic carbocycles. The van der Waals surface area contributed by atoms with Crippen molar-refractivity contribution >= 4 is 33.4 Å². The summed E-state index contributed by atoms with van der Waals surface area (Å²) in [6.07, 6.45) is -4.91. The van der Waals surface area contributed by atoms with Crippen LogP contribution in [0.15, 0.2) is 64.5 Å². The summed E-state index contributed by atoms with van der Waals surface area (Å²) in [5.74, 6) is -0.228. The molecule has 0 unspecified atom stereocenters. The van der Waals surface area contributed by atoms with Gasteiger partial charge in [0.05, 0.1) is 12.1 Å². The van der Waals surface area contributed by atoms with Crippen LogP contribution in [0.5, 0.6) is 5.75 Å². The Kier molecular flexibility index (Phi) is 6.01. The highest BCUT2D eigenvalue weighted by atomic mass is 32.2. The number of rotatable bonds is 4. The molecule has 1 fully saturated rings. The number of fused-ring (bicyclic) bond motifs is 2. The average Bonchev–Trinajstić information content (AvgIpc) is 3.16. The quantitative estimate of drug-likeness (QED) is 0.302. The third-order valence-electron chi connectivity index (χ3n) is 6.21. The average molecular weight is 486 g/mol. The Bertz CT molecular complexity index is 1370. The van der Waals surface area contributed by atoms with Gasteiger partial charge in [0.25, 0.3) is 0 Å². The molecule has 1 saturated heterocycles. The molecule has 1 aromatic heterocycles. The molecule has 2 heterocycles. The topological polar surface area (TPSA) is 115 Å². The van der Waals surface area contributed by atoms with Gasteiger partial charge in [0.2, 0.25) is 0 Å². The molecule has 0 saturated carbocycles. The molecule has 7 nitrogen and oxygen atoms in total. The lowest BCUT2D eigenvalue weighted by molar-refractivity contribution is -0.250. The van der Waals surface area contributed by atoms with Crippen LogP contribution in [0.4, 0.5) is 4.39 Å². The van der Waals surface area contributed by atoms with Gasteiger partial charge in [-0.2, -0.15) is 0 Å². The van der Waals surface area contributed by atoms with E-state index in [1.165, 1.54) is 23.9 Å². The maximum absolute atomic E-state index is 14.4. The number of aliphatic hydroxyl groups is 4. The molecule has 0 amide bonds. The number of aliphatic hydroxyl groups excluding tert-OH is 4. The van der Waals surface area contributed by atoms with Crippen LogP contribution >= 0.6 is 11.8 Å². The molecule has 0 spiro atoms. The van der Waals surface area contributed by atoms with E-state index in [9.17, 15) is 29.9 Å². The molecular formula is C25H24FNO6S. The van der Waals surface area contributed by atoms with Crippen molar-refractivity contribution < 1.29 is 34.7 Å². The first-order chi connectivity index (χ1) is 16.3. The molecule has 1 aliphatic heterocycles. The molecule has 0 bridgehead atoms. The van der Waals surface area contributed by atoms with Crippen LogP contribution in [0.25, 0.3) is 21.7 Å². The second-order valence-electron chi connectivity index (χ2n) is 8.53. The lowest BCUT2D eigenvalue weighted by atomic mass is 9.98. The van der Waals surface area contributed by atoms with Crippen molar-refractivity contribution in [1.29, 1.82) is 0 Å². The number of benzene rings is 3. The normalized spacial score (nSPS) is 25.3. The van der Waals surface area contributed by atoms with Gasteiger partial charge in [-0.3, -0.25) is 0 Å². The number of hydrogen-bond donors (Lipinski definition) is 5. The second kappa shape index (κ2) is 8.84. The molecule has 9 heteroatoms. The van der Waals surface area contributed by atoms with Crippen molar-refractivity contribution in [3.8, 4) is 5.75 Å². The van der Waals surface area contributed by atoms with E-state index in [1.54, 1.807) is 29.8 Å². The van der Waals surface area contributed by atoms with Gasteiger partial charge < -0.3 is 34.8 Å². The predicted molar refractivity (Wildman–Crippen MR) is 125 cm³/mol. The van der Waals surface area contributed by atoms with Gasteiger partial charge in [-0.15, -0.1) is 0 Å². The van der Waals surface area contributed by atoms with Crippen molar-refractivity contribution in [1.82, 2.24) is 4.57 Å². The molecule has 34 heavy (non-hydrogen) atoms. The summed E-state index contributed by atoms with van der Waals surface area (Å²) in [5.41, 5.74) is 1.21. The highest BCUT2D eigenvalue weighted by molar-refractivity contribution is 7.99. The molecule has 4 aromatic rings. The molecule has 5 atom stereocenters. The zero-order chi connectivity index (χ0) is 24.1. The van der Waals surface area contributed by atoms with Crippen LogP contribution < -0.4 is 0 Å². The Morgan fingerprint density at radius 3 is 2.47 bits per heavy atom. The fourth-order valence-corrected chi connectivity index (χ4v) is 5.53.